The van der Waals surface area contributed by atoms with Crippen LogP contribution in [0.2, 0.25) is 0 Å². The number of nitrogens with zero attached hydrogens (tertiary/aromatic N) is 2. The molecule has 2 N–H and O–H groups in total. The summed E-state index contributed by atoms with van der Waals surface area (Å²) in [5, 5.41) is 10.4. The Morgan fingerprint density at radius 3 is 2.78 bits per heavy atom. The lowest BCUT2D eigenvalue weighted by atomic mass is 9.94. The Morgan fingerprint density at radius 2 is 1.93 bits per heavy atom. The van der Waals surface area contributed by atoms with Gasteiger partial charge in [-0.1, -0.05) is 12.1 Å². The molecule has 1 saturated heterocycles. The number of nitrogens with one attached hydrogen (secondary N) is 2. The van der Waals surface area contributed by atoms with Gasteiger partial charge in [-0.3, -0.25) is 14.7 Å². The molecule has 0 atom stereocenters. The second kappa shape index (κ2) is 6.11. The van der Waals surface area contributed by atoms with Crippen molar-refractivity contribution in [2.45, 2.75) is 44.2 Å². The Hall–Kier alpha value is -2.83. The van der Waals surface area contributed by atoms with Crippen molar-refractivity contribution in [2.75, 3.05) is 13.1 Å². The van der Waals surface area contributed by atoms with E-state index in [0.717, 1.165) is 36.9 Å². The summed E-state index contributed by atoms with van der Waals surface area (Å²) in [6.07, 6.45) is 5.26. The van der Waals surface area contributed by atoms with Crippen LogP contribution in [-0.4, -0.2) is 45.7 Å². The highest BCUT2D eigenvalue weighted by Gasteiger charge is 2.43. The topological polar surface area (TPSA) is 87.3 Å². The number of aromatic nitrogens is 2. The molecule has 7 heteroatoms. The number of amides is 2. The molecule has 0 bridgehead atoms. The van der Waals surface area contributed by atoms with Gasteiger partial charge in [0.2, 0.25) is 0 Å². The molecule has 140 valence electrons. The van der Waals surface area contributed by atoms with Gasteiger partial charge < -0.3 is 15.0 Å². The van der Waals surface area contributed by atoms with E-state index in [0.29, 0.717) is 42.9 Å². The number of aryl methyl sites for hydroxylation is 1. The van der Waals surface area contributed by atoms with Crippen molar-refractivity contribution in [3.63, 3.8) is 0 Å². The Morgan fingerprint density at radius 1 is 1.15 bits per heavy atom. The maximum atomic E-state index is 13.0. The molecular formula is C20H22N4O3. The van der Waals surface area contributed by atoms with Crippen LogP contribution in [0.3, 0.4) is 0 Å². The minimum atomic E-state index is -0.729. The van der Waals surface area contributed by atoms with E-state index >= 15 is 0 Å². The van der Waals surface area contributed by atoms with Crippen LogP contribution in [0.4, 0.5) is 0 Å². The third-order valence-corrected chi connectivity index (χ3v) is 5.90. The number of aromatic amines is 1. The number of hydrogen-bond acceptors (Lipinski definition) is 4. The largest absolute Gasteiger partial charge is 0.467 e. The van der Waals surface area contributed by atoms with E-state index in [9.17, 15) is 9.59 Å². The molecule has 7 nitrogen and oxygen atoms in total. The van der Waals surface area contributed by atoms with Crippen LogP contribution in [0.5, 0.6) is 5.75 Å². The predicted octanol–water partition coefficient (Wildman–Crippen LogP) is 2.04. The van der Waals surface area contributed by atoms with Crippen LogP contribution in [0.15, 0.2) is 24.3 Å². The van der Waals surface area contributed by atoms with Crippen molar-refractivity contribution in [1.82, 2.24) is 20.4 Å². The van der Waals surface area contributed by atoms with Crippen LogP contribution in [-0.2, 0) is 12.8 Å². The molecule has 1 aromatic heterocycles. The van der Waals surface area contributed by atoms with E-state index in [1.54, 1.807) is 6.07 Å². The summed E-state index contributed by atoms with van der Waals surface area (Å²) in [6, 6.07) is 7.27. The fourth-order valence-corrected chi connectivity index (χ4v) is 4.36. The zero-order chi connectivity index (χ0) is 18.4. The fourth-order valence-electron chi connectivity index (χ4n) is 4.36. The molecule has 27 heavy (non-hydrogen) atoms. The van der Waals surface area contributed by atoms with Crippen molar-refractivity contribution >= 4 is 11.8 Å². The Balaban J connectivity index is 1.31. The van der Waals surface area contributed by atoms with E-state index in [2.05, 4.69) is 15.5 Å². The molecule has 0 saturated carbocycles. The van der Waals surface area contributed by atoms with Crippen LogP contribution < -0.4 is 10.1 Å². The predicted molar refractivity (Wildman–Crippen MR) is 97.6 cm³/mol. The standard InChI is InChI=1S/C20H22N4O3/c25-18-14-6-2-4-8-16(14)27-20(21-18)9-11-24(12-10-20)19(26)17-13-5-1-3-7-15(13)22-23-17/h2,4,6,8H,1,3,5,7,9-12H2,(H,21,25)(H,22,23). The van der Waals surface area contributed by atoms with E-state index in [-0.39, 0.29) is 11.8 Å². The number of ether oxygens (including phenoxy) is 1. The molecule has 1 aliphatic carbocycles. The molecular weight excluding hydrogens is 344 g/mol. The number of benzene rings is 1. The number of rotatable bonds is 1. The smallest absolute Gasteiger partial charge is 0.274 e. The highest BCUT2D eigenvalue weighted by molar-refractivity contribution is 5.98. The van der Waals surface area contributed by atoms with Gasteiger partial charge in [-0.25, -0.2) is 0 Å². The summed E-state index contributed by atoms with van der Waals surface area (Å²) in [4.78, 5) is 27.2. The van der Waals surface area contributed by atoms with Gasteiger partial charge in [0.25, 0.3) is 11.8 Å². The second-order valence-electron chi connectivity index (χ2n) is 7.58. The van der Waals surface area contributed by atoms with Gasteiger partial charge in [-0.2, -0.15) is 5.10 Å². The third kappa shape index (κ3) is 2.69. The van der Waals surface area contributed by atoms with Crippen LogP contribution in [0.1, 0.15) is 57.8 Å². The summed E-state index contributed by atoms with van der Waals surface area (Å²) in [5.41, 5.74) is 2.59. The molecule has 5 rings (SSSR count). The Bertz CT molecular complexity index is 912. The first-order valence-corrected chi connectivity index (χ1v) is 9.61. The molecule has 2 amide bonds. The number of para-hydroxylation sites is 1. The number of piperidine rings is 1. The third-order valence-electron chi connectivity index (χ3n) is 5.90. The maximum absolute atomic E-state index is 13.0. The fraction of sp³-hybridized carbons (Fsp3) is 0.450. The normalized spacial score (nSPS) is 20.4. The van der Waals surface area contributed by atoms with Crippen molar-refractivity contribution in [3.8, 4) is 5.75 Å². The number of carbonyl (C=O) groups is 2. The summed E-state index contributed by atoms with van der Waals surface area (Å²) in [7, 11) is 0. The van der Waals surface area contributed by atoms with Crippen molar-refractivity contribution in [1.29, 1.82) is 0 Å². The number of H-pyrrole nitrogens is 1. The van der Waals surface area contributed by atoms with Gasteiger partial charge in [0.15, 0.2) is 11.4 Å². The van der Waals surface area contributed by atoms with Gasteiger partial charge in [-0.05, 0) is 37.8 Å². The lowest BCUT2D eigenvalue weighted by Gasteiger charge is -2.44. The first kappa shape index (κ1) is 16.4. The first-order chi connectivity index (χ1) is 13.2. The van der Waals surface area contributed by atoms with Crippen molar-refractivity contribution in [3.05, 3.63) is 46.8 Å². The number of likely N-dealkylation sites (tertiary alicyclic amines) is 1. The quantitative estimate of drug-likeness (QED) is 0.809. The highest BCUT2D eigenvalue weighted by Crippen LogP contribution is 2.34. The molecule has 3 aliphatic rings. The molecule has 1 fully saturated rings. The number of hydrogen-bond donors (Lipinski definition) is 2. The van der Waals surface area contributed by atoms with Crippen molar-refractivity contribution < 1.29 is 14.3 Å². The second-order valence-corrected chi connectivity index (χ2v) is 7.58. The average Bonchev–Trinajstić information content (AvgIpc) is 3.12. The first-order valence-electron chi connectivity index (χ1n) is 9.61. The van der Waals surface area contributed by atoms with E-state index in [4.69, 9.17) is 4.74 Å². The van der Waals surface area contributed by atoms with Crippen LogP contribution in [0, 0.1) is 0 Å². The summed E-state index contributed by atoms with van der Waals surface area (Å²) >= 11 is 0. The Labute approximate surface area is 157 Å². The monoisotopic (exact) mass is 366 g/mol. The zero-order valence-corrected chi connectivity index (χ0v) is 15.1. The number of fused-ring (bicyclic) bond motifs is 2. The summed E-state index contributed by atoms with van der Waals surface area (Å²) in [6.45, 7) is 1.06. The highest BCUT2D eigenvalue weighted by atomic mass is 16.5. The minimum Gasteiger partial charge on any atom is -0.467 e. The van der Waals surface area contributed by atoms with Gasteiger partial charge in [-0.15, -0.1) is 0 Å². The molecule has 2 aliphatic heterocycles. The lowest BCUT2D eigenvalue weighted by molar-refractivity contribution is -0.0246. The van der Waals surface area contributed by atoms with E-state index < -0.39 is 5.72 Å². The van der Waals surface area contributed by atoms with Crippen molar-refractivity contribution in [2.24, 2.45) is 0 Å². The van der Waals surface area contributed by atoms with Gasteiger partial charge >= 0.3 is 0 Å². The molecule has 3 heterocycles. The Kier molecular flexibility index (Phi) is 3.70. The SMILES string of the molecule is O=C1NC2(CCN(C(=O)c3n[nH]c4c3CCCC4)CC2)Oc2ccccc21. The van der Waals surface area contributed by atoms with Gasteiger partial charge in [0.05, 0.1) is 5.56 Å². The summed E-state index contributed by atoms with van der Waals surface area (Å²) in [5.74, 6) is 0.479. The maximum Gasteiger partial charge on any atom is 0.274 e. The zero-order valence-electron chi connectivity index (χ0n) is 15.1. The van der Waals surface area contributed by atoms with Gasteiger partial charge in [0.1, 0.15) is 5.75 Å². The molecule has 0 radical (unpaired) electrons. The summed E-state index contributed by atoms with van der Waals surface area (Å²) < 4.78 is 6.15. The van der Waals surface area contributed by atoms with Gasteiger partial charge in [0, 0.05) is 37.2 Å². The van der Waals surface area contributed by atoms with E-state index in [1.165, 1.54) is 0 Å². The van der Waals surface area contributed by atoms with Crippen LogP contribution in [0.25, 0.3) is 0 Å². The molecule has 1 spiro atoms. The number of carbonyl (C=O) groups excluding carboxylic acids is 2. The molecule has 0 unspecified atom stereocenters. The average molecular weight is 366 g/mol. The molecule has 1 aromatic carbocycles. The van der Waals surface area contributed by atoms with Crippen LogP contribution >= 0.6 is 0 Å². The van der Waals surface area contributed by atoms with E-state index in [1.807, 2.05) is 23.1 Å². The minimum absolute atomic E-state index is 0.0215. The lowest BCUT2D eigenvalue weighted by Crippen LogP contribution is -2.61. The molecule has 2 aromatic rings.